The standard InChI is InChI=1S/C12H18BrN3/c1-14-8-11-9-16(7-6-15-11)12-4-2-10(13)3-5-12/h2-5,11,14-15H,6-9H2,1H3. The van der Waals surface area contributed by atoms with E-state index in [4.69, 9.17) is 0 Å². The summed E-state index contributed by atoms with van der Waals surface area (Å²) in [6.07, 6.45) is 0. The van der Waals surface area contributed by atoms with Crippen molar-refractivity contribution in [2.24, 2.45) is 0 Å². The first kappa shape index (κ1) is 11.9. The number of likely N-dealkylation sites (N-methyl/N-ethyl adjacent to an activating group) is 1. The van der Waals surface area contributed by atoms with Crippen molar-refractivity contribution in [1.82, 2.24) is 10.6 Å². The van der Waals surface area contributed by atoms with Crippen LogP contribution in [0.2, 0.25) is 0 Å². The molecule has 1 heterocycles. The maximum atomic E-state index is 3.52. The Morgan fingerprint density at radius 3 is 2.88 bits per heavy atom. The molecular formula is C12H18BrN3. The molecule has 0 amide bonds. The fourth-order valence-corrected chi connectivity index (χ4v) is 2.36. The molecule has 1 fully saturated rings. The number of benzene rings is 1. The molecule has 1 saturated heterocycles. The van der Waals surface area contributed by atoms with E-state index in [0.717, 1.165) is 30.7 Å². The summed E-state index contributed by atoms with van der Waals surface area (Å²) in [5.74, 6) is 0. The Labute approximate surface area is 105 Å². The van der Waals surface area contributed by atoms with Crippen LogP contribution in [0, 0.1) is 0 Å². The van der Waals surface area contributed by atoms with Crippen LogP contribution in [-0.4, -0.2) is 39.3 Å². The van der Waals surface area contributed by atoms with Gasteiger partial charge in [0.05, 0.1) is 0 Å². The SMILES string of the molecule is CNCC1CN(c2ccc(Br)cc2)CCN1. The van der Waals surface area contributed by atoms with Crippen molar-refractivity contribution in [2.45, 2.75) is 6.04 Å². The van der Waals surface area contributed by atoms with Crippen molar-refractivity contribution in [3.05, 3.63) is 28.7 Å². The number of piperazine rings is 1. The van der Waals surface area contributed by atoms with Crippen LogP contribution in [0.25, 0.3) is 0 Å². The van der Waals surface area contributed by atoms with Gasteiger partial charge in [0.15, 0.2) is 0 Å². The Bertz CT molecular complexity index is 324. The maximum absolute atomic E-state index is 3.52. The Hall–Kier alpha value is -0.580. The van der Waals surface area contributed by atoms with Gasteiger partial charge in [-0.05, 0) is 31.3 Å². The lowest BCUT2D eigenvalue weighted by Gasteiger charge is -2.35. The lowest BCUT2D eigenvalue weighted by atomic mass is 10.2. The molecule has 1 unspecified atom stereocenters. The molecule has 0 aliphatic carbocycles. The highest BCUT2D eigenvalue weighted by Gasteiger charge is 2.18. The second-order valence-electron chi connectivity index (χ2n) is 4.13. The minimum absolute atomic E-state index is 0.544. The third kappa shape index (κ3) is 2.97. The predicted octanol–water partition coefficient (Wildman–Crippen LogP) is 1.45. The Morgan fingerprint density at radius 1 is 1.44 bits per heavy atom. The average molecular weight is 284 g/mol. The molecule has 0 aromatic heterocycles. The van der Waals surface area contributed by atoms with Gasteiger partial charge in [-0.15, -0.1) is 0 Å². The fraction of sp³-hybridized carbons (Fsp3) is 0.500. The van der Waals surface area contributed by atoms with Crippen LogP contribution in [0.1, 0.15) is 0 Å². The van der Waals surface area contributed by atoms with Crippen LogP contribution in [0.3, 0.4) is 0 Å². The van der Waals surface area contributed by atoms with Crippen LogP contribution >= 0.6 is 15.9 Å². The maximum Gasteiger partial charge on any atom is 0.0369 e. The molecule has 4 heteroatoms. The van der Waals surface area contributed by atoms with E-state index in [9.17, 15) is 0 Å². The summed E-state index contributed by atoms with van der Waals surface area (Å²) in [6, 6.07) is 9.09. The van der Waals surface area contributed by atoms with Crippen LogP contribution in [0.5, 0.6) is 0 Å². The highest BCUT2D eigenvalue weighted by molar-refractivity contribution is 9.10. The minimum atomic E-state index is 0.544. The Kier molecular flexibility index (Phi) is 4.21. The molecule has 16 heavy (non-hydrogen) atoms. The molecule has 1 aliphatic rings. The molecule has 2 N–H and O–H groups in total. The smallest absolute Gasteiger partial charge is 0.0369 e. The zero-order valence-corrected chi connectivity index (χ0v) is 11.1. The number of halogens is 1. The van der Waals surface area contributed by atoms with Crippen molar-refractivity contribution in [2.75, 3.05) is 38.1 Å². The molecule has 2 rings (SSSR count). The molecule has 88 valence electrons. The van der Waals surface area contributed by atoms with E-state index in [0.29, 0.717) is 6.04 Å². The number of nitrogens with zero attached hydrogens (tertiary/aromatic N) is 1. The quantitative estimate of drug-likeness (QED) is 0.879. The molecule has 1 aromatic carbocycles. The second kappa shape index (κ2) is 5.66. The van der Waals surface area contributed by atoms with Crippen LogP contribution in [0.15, 0.2) is 28.7 Å². The van der Waals surface area contributed by atoms with Crippen LogP contribution < -0.4 is 15.5 Å². The van der Waals surface area contributed by atoms with Gasteiger partial charge in [0, 0.05) is 42.4 Å². The van der Waals surface area contributed by atoms with Crippen molar-refractivity contribution in [1.29, 1.82) is 0 Å². The Balaban J connectivity index is 2.01. The zero-order valence-electron chi connectivity index (χ0n) is 9.54. The molecule has 1 atom stereocenters. The molecular weight excluding hydrogens is 266 g/mol. The highest BCUT2D eigenvalue weighted by Crippen LogP contribution is 2.19. The molecule has 0 bridgehead atoms. The molecule has 0 spiro atoms. The third-order valence-corrected chi connectivity index (χ3v) is 3.43. The van der Waals surface area contributed by atoms with Crippen molar-refractivity contribution in [3.63, 3.8) is 0 Å². The summed E-state index contributed by atoms with van der Waals surface area (Å²) in [5, 5.41) is 6.74. The zero-order chi connectivity index (χ0) is 11.4. The van der Waals surface area contributed by atoms with Gasteiger partial charge >= 0.3 is 0 Å². The highest BCUT2D eigenvalue weighted by atomic mass is 79.9. The average Bonchev–Trinajstić information content (AvgIpc) is 2.31. The molecule has 1 aliphatic heterocycles. The normalized spacial score (nSPS) is 21.1. The van der Waals surface area contributed by atoms with Crippen LogP contribution in [0.4, 0.5) is 5.69 Å². The van der Waals surface area contributed by atoms with E-state index in [-0.39, 0.29) is 0 Å². The lowest BCUT2D eigenvalue weighted by Crippen LogP contribution is -2.54. The summed E-state index contributed by atoms with van der Waals surface area (Å²) in [5.41, 5.74) is 1.31. The van der Waals surface area contributed by atoms with Crippen LogP contribution in [-0.2, 0) is 0 Å². The number of rotatable bonds is 3. The Morgan fingerprint density at radius 2 is 2.19 bits per heavy atom. The molecule has 1 aromatic rings. The summed E-state index contributed by atoms with van der Waals surface area (Å²) in [4.78, 5) is 2.44. The van der Waals surface area contributed by atoms with Gasteiger partial charge in [0.2, 0.25) is 0 Å². The first-order chi connectivity index (χ1) is 7.79. The van der Waals surface area contributed by atoms with E-state index >= 15 is 0 Å². The summed E-state index contributed by atoms with van der Waals surface area (Å²) >= 11 is 3.47. The minimum Gasteiger partial charge on any atom is -0.369 e. The largest absolute Gasteiger partial charge is 0.369 e. The van der Waals surface area contributed by atoms with Crippen molar-refractivity contribution < 1.29 is 0 Å². The predicted molar refractivity (Wildman–Crippen MR) is 72.1 cm³/mol. The van der Waals surface area contributed by atoms with Gasteiger partial charge < -0.3 is 15.5 Å². The van der Waals surface area contributed by atoms with Crippen molar-refractivity contribution in [3.8, 4) is 0 Å². The number of nitrogens with one attached hydrogen (secondary N) is 2. The van der Waals surface area contributed by atoms with Gasteiger partial charge in [-0.1, -0.05) is 15.9 Å². The molecule has 3 nitrogen and oxygen atoms in total. The monoisotopic (exact) mass is 283 g/mol. The van der Waals surface area contributed by atoms with Gasteiger partial charge in [0.25, 0.3) is 0 Å². The van der Waals surface area contributed by atoms with Gasteiger partial charge in [-0.2, -0.15) is 0 Å². The van der Waals surface area contributed by atoms with Gasteiger partial charge in [-0.3, -0.25) is 0 Å². The number of anilines is 1. The lowest BCUT2D eigenvalue weighted by molar-refractivity contribution is 0.443. The summed E-state index contributed by atoms with van der Waals surface area (Å²) < 4.78 is 1.14. The topological polar surface area (TPSA) is 27.3 Å². The third-order valence-electron chi connectivity index (χ3n) is 2.90. The number of hydrogen-bond donors (Lipinski definition) is 2. The van der Waals surface area contributed by atoms with E-state index in [2.05, 4.69) is 55.7 Å². The molecule has 0 radical (unpaired) electrons. The van der Waals surface area contributed by atoms with E-state index < -0.39 is 0 Å². The molecule has 0 saturated carbocycles. The van der Waals surface area contributed by atoms with Gasteiger partial charge in [0.1, 0.15) is 0 Å². The van der Waals surface area contributed by atoms with E-state index in [1.54, 1.807) is 0 Å². The number of hydrogen-bond acceptors (Lipinski definition) is 3. The van der Waals surface area contributed by atoms with E-state index in [1.165, 1.54) is 5.69 Å². The first-order valence-electron chi connectivity index (χ1n) is 5.68. The fourth-order valence-electron chi connectivity index (χ4n) is 2.10. The summed E-state index contributed by atoms with van der Waals surface area (Å²) in [7, 11) is 2.00. The van der Waals surface area contributed by atoms with E-state index in [1.807, 2.05) is 7.05 Å². The first-order valence-corrected chi connectivity index (χ1v) is 6.47. The van der Waals surface area contributed by atoms with Gasteiger partial charge in [-0.25, -0.2) is 0 Å². The van der Waals surface area contributed by atoms with Crippen molar-refractivity contribution >= 4 is 21.6 Å². The second-order valence-corrected chi connectivity index (χ2v) is 5.05. The summed E-state index contributed by atoms with van der Waals surface area (Å²) in [6.45, 7) is 4.24.